The van der Waals surface area contributed by atoms with E-state index in [0.29, 0.717) is 11.3 Å². The molecule has 0 spiro atoms. The van der Waals surface area contributed by atoms with Gasteiger partial charge in [0, 0.05) is 12.1 Å². The molecule has 1 atom stereocenters. The molecular formula is C10H15ClN2O4S2. The maximum atomic E-state index is 12.0. The number of nitro groups is 1. The summed E-state index contributed by atoms with van der Waals surface area (Å²) in [6, 6.07) is 0.770. The van der Waals surface area contributed by atoms with Crippen LogP contribution in [0.1, 0.15) is 33.1 Å². The molecule has 0 aliphatic heterocycles. The van der Waals surface area contributed by atoms with E-state index in [4.69, 9.17) is 11.6 Å². The second-order valence-electron chi connectivity index (χ2n) is 4.15. The van der Waals surface area contributed by atoms with Gasteiger partial charge in [-0.15, -0.1) is 11.3 Å². The van der Waals surface area contributed by atoms with Gasteiger partial charge in [0.2, 0.25) is 0 Å². The third kappa shape index (κ3) is 4.41. The predicted octanol–water partition coefficient (Wildman–Crippen LogP) is 3.17. The summed E-state index contributed by atoms with van der Waals surface area (Å²) in [5.41, 5.74) is -0.381. The van der Waals surface area contributed by atoms with Gasteiger partial charge in [-0.05, 0) is 13.3 Å². The summed E-state index contributed by atoms with van der Waals surface area (Å²) < 4.78 is 26.2. The summed E-state index contributed by atoms with van der Waals surface area (Å²) >= 11 is 6.34. The first-order chi connectivity index (χ1) is 8.77. The molecule has 1 aromatic heterocycles. The molecule has 0 saturated heterocycles. The quantitative estimate of drug-likeness (QED) is 0.615. The van der Waals surface area contributed by atoms with E-state index in [-0.39, 0.29) is 20.3 Å². The molecule has 9 heteroatoms. The normalized spacial score (nSPS) is 13.4. The van der Waals surface area contributed by atoms with Crippen LogP contribution in [0.3, 0.4) is 0 Å². The fourth-order valence-electron chi connectivity index (χ4n) is 1.49. The third-order valence-corrected chi connectivity index (χ3v) is 5.86. The lowest BCUT2D eigenvalue weighted by Gasteiger charge is -2.12. The first-order valence-electron chi connectivity index (χ1n) is 5.74. The Hall–Kier alpha value is -0.700. The van der Waals surface area contributed by atoms with Crippen molar-refractivity contribution in [3.8, 4) is 0 Å². The van der Waals surface area contributed by atoms with Gasteiger partial charge in [-0.3, -0.25) is 10.1 Å². The number of halogens is 1. The van der Waals surface area contributed by atoms with E-state index in [1.54, 1.807) is 6.92 Å². The zero-order valence-corrected chi connectivity index (χ0v) is 12.9. The van der Waals surface area contributed by atoms with Crippen LogP contribution in [0.25, 0.3) is 0 Å². The van der Waals surface area contributed by atoms with E-state index in [2.05, 4.69) is 4.72 Å². The molecule has 1 aromatic rings. The number of thiophene rings is 1. The summed E-state index contributed by atoms with van der Waals surface area (Å²) in [5.74, 6) is 0. The molecule has 6 nitrogen and oxygen atoms in total. The number of sulfonamides is 1. The fraction of sp³-hybridized carbons (Fsp3) is 0.600. The first kappa shape index (κ1) is 16.4. The van der Waals surface area contributed by atoms with Crippen molar-refractivity contribution in [2.75, 3.05) is 0 Å². The van der Waals surface area contributed by atoms with Crippen LogP contribution < -0.4 is 4.72 Å². The number of unbranched alkanes of at least 4 members (excludes halogenated alkanes) is 1. The van der Waals surface area contributed by atoms with Gasteiger partial charge in [0.15, 0.2) is 4.34 Å². The zero-order valence-electron chi connectivity index (χ0n) is 10.6. The SMILES string of the molecule is CCCCC(C)NS(=O)(=O)c1cc([N+](=O)[O-])c(Cl)s1. The van der Waals surface area contributed by atoms with Crippen LogP contribution in [-0.2, 0) is 10.0 Å². The van der Waals surface area contributed by atoms with Crippen LogP contribution in [0.5, 0.6) is 0 Å². The molecule has 0 amide bonds. The Morgan fingerprint density at radius 3 is 2.68 bits per heavy atom. The Morgan fingerprint density at radius 2 is 2.21 bits per heavy atom. The van der Waals surface area contributed by atoms with Gasteiger partial charge in [-0.25, -0.2) is 13.1 Å². The van der Waals surface area contributed by atoms with Crippen LogP contribution in [0.2, 0.25) is 4.34 Å². The van der Waals surface area contributed by atoms with Crippen molar-refractivity contribution in [3.63, 3.8) is 0 Å². The second-order valence-corrected chi connectivity index (χ2v) is 7.74. The topological polar surface area (TPSA) is 89.3 Å². The van der Waals surface area contributed by atoms with Crippen molar-refractivity contribution >= 4 is 38.6 Å². The monoisotopic (exact) mass is 326 g/mol. The van der Waals surface area contributed by atoms with Crippen molar-refractivity contribution in [3.05, 3.63) is 20.5 Å². The highest BCUT2D eigenvalue weighted by Crippen LogP contribution is 2.36. The fourth-order valence-corrected chi connectivity index (χ4v) is 4.45. The highest BCUT2D eigenvalue weighted by molar-refractivity contribution is 7.91. The van der Waals surface area contributed by atoms with Crippen molar-refractivity contribution in [1.82, 2.24) is 4.72 Å². The Kier molecular flexibility index (Phi) is 5.72. The second kappa shape index (κ2) is 6.65. The van der Waals surface area contributed by atoms with E-state index >= 15 is 0 Å². The lowest BCUT2D eigenvalue weighted by molar-refractivity contribution is -0.384. The lowest BCUT2D eigenvalue weighted by Crippen LogP contribution is -2.32. The summed E-state index contributed by atoms with van der Waals surface area (Å²) in [7, 11) is -3.75. The van der Waals surface area contributed by atoms with Gasteiger partial charge in [-0.1, -0.05) is 31.4 Å². The van der Waals surface area contributed by atoms with Gasteiger partial charge in [-0.2, -0.15) is 0 Å². The summed E-state index contributed by atoms with van der Waals surface area (Å²) in [5, 5.41) is 10.6. The summed E-state index contributed by atoms with van der Waals surface area (Å²) in [4.78, 5) is 9.94. The van der Waals surface area contributed by atoms with Crippen LogP contribution >= 0.6 is 22.9 Å². The van der Waals surface area contributed by atoms with Gasteiger partial charge in [0.1, 0.15) is 4.21 Å². The van der Waals surface area contributed by atoms with Gasteiger partial charge >= 0.3 is 0 Å². The molecule has 0 fully saturated rings. The molecule has 0 aliphatic carbocycles. The molecule has 1 rings (SSSR count). The largest absolute Gasteiger partial charge is 0.300 e. The number of nitrogens with zero attached hydrogens (tertiary/aromatic N) is 1. The molecule has 1 unspecified atom stereocenters. The highest BCUT2D eigenvalue weighted by atomic mass is 35.5. The number of rotatable bonds is 7. The highest BCUT2D eigenvalue weighted by Gasteiger charge is 2.26. The maximum Gasteiger partial charge on any atom is 0.300 e. The Bertz CT molecular complexity index is 556. The third-order valence-electron chi connectivity index (χ3n) is 2.45. The molecule has 0 saturated carbocycles. The molecular weight excluding hydrogens is 312 g/mol. The van der Waals surface area contributed by atoms with E-state index in [1.807, 2.05) is 6.92 Å². The van der Waals surface area contributed by atoms with Crippen molar-refractivity contribution < 1.29 is 13.3 Å². The predicted molar refractivity (Wildman–Crippen MR) is 75.3 cm³/mol. The van der Waals surface area contributed by atoms with E-state index in [0.717, 1.165) is 25.3 Å². The molecule has 108 valence electrons. The Balaban J connectivity index is 2.89. The van der Waals surface area contributed by atoms with Crippen LogP contribution in [-0.4, -0.2) is 19.4 Å². The molecule has 19 heavy (non-hydrogen) atoms. The molecule has 1 heterocycles. The minimum absolute atomic E-state index is 0.132. The molecule has 0 aliphatic rings. The maximum absolute atomic E-state index is 12.0. The minimum Gasteiger partial charge on any atom is -0.258 e. The van der Waals surface area contributed by atoms with Gasteiger partial charge in [0.05, 0.1) is 4.92 Å². The average Bonchev–Trinajstić information content (AvgIpc) is 2.69. The van der Waals surface area contributed by atoms with Crippen LogP contribution in [0.4, 0.5) is 5.69 Å². The smallest absolute Gasteiger partial charge is 0.258 e. The van der Waals surface area contributed by atoms with Crippen molar-refractivity contribution in [2.24, 2.45) is 0 Å². The summed E-state index contributed by atoms with van der Waals surface area (Å²) in [6.45, 7) is 3.78. The first-order valence-corrected chi connectivity index (χ1v) is 8.41. The van der Waals surface area contributed by atoms with Gasteiger partial charge < -0.3 is 0 Å². The van der Waals surface area contributed by atoms with E-state index < -0.39 is 14.9 Å². The zero-order chi connectivity index (χ0) is 14.6. The van der Waals surface area contributed by atoms with E-state index in [1.165, 1.54) is 0 Å². The van der Waals surface area contributed by atoms with Crippen LogP contribution in [0.15, 0.2) is 10.3 Å². The van der Waals surface area contributed by atoms with Crippen molar-refractivity contribution in [2.45, 2.75) is 43.4 Å². The molecule has 1 N–H and O–H groups in total. The van der Waals surface area contributed by atoms with Crippen LogP contribution in [0, 0.1) is 10.1 Å². The molecule has 0 radical (unpaired) electrons. The average molecular weight is 327 g/mol. The number of nitrogens with one attached hydrogen (secondary N) is 1. The number of hydrogen-bond donors (Lipinski definition) is 1. The minimum atomic E-state index is -3.75. The molecule has 0 aromatic carbocycles. The lowest BCUT2D eigenvalue weighted by atomic mass is 10.2. The van der Waals surface area contributed by atoms with E-state index in [9.17, 15) is 18.5 Å². The van der Waals surface area contributed by atoms with Crippen molar-refractivity contribution in [1.29, 1.82) is 0 Å². The molecule has 0 bridgehead atoms. The Labute approximate surface area is 121 Å². The Morgan fingerprint density at radius 1 is 1.58 bits per heavy atom. The summed E-state index contributed by atoms with van der Waals surface area (Å²) in [6.07, 6.45) is 2.61. The van der Waals surface area contributed by atoms with Gasteiger partial charge in [0.25, 0.3) is 15.7 Å². The standard InChI is InChI=1S/C10H15ClN2O4S2/c1-3-4-5-7(2)12-19(16,17)9-6-8(13(14)15)10(11)18-9/h6-7,12H,3-5H2,1-2H3. The number of hydrogen-bond acceptors (Lipinski definition) is 5.